The first-order valence-corrected chi connectivity index (χ1v) is 17.7. The number of hydrogen-bond acceptors (Lipinski definition) is 4. The van der Waals surface area contributed by atoms with Crippen LogP contribution in [-0.2, 0) is 6.42 Å². The van der Waals surface area contributed by atoms with E-state index in [4.69, 9.17) is 19.4 Å². The highest BCUT2D eigenvalue weighted by atomic mass is 16.3. The second-order valence-electron chi connectivity index (χ2n) is 13.4. The maximum Gasteiger partial charge on any atom is 0.164 e. The van der Waals surface area contributed by atoms with Crippen LogP contribution in [0.15, 0.2) is 162 Å². The molecule has 0 saturated heterocycles. The van der Waals surface area contributed by atoms with Gasteiger partial charge in [0.2, 0.25) is 0 Å². The van der Waals surface area contributed by atoms with E-state index in [2.05, 4.69) is 127 Å². The Labute approximate surface area is 296 Å². The fourth-order valence-electron chi connectivity index (χ4n) is 7.88. The molecule has 0 saturated carbocycles. The number of rotatable bonds is 5. The van der Waals surface area contributed by atoms with Crippen molar-refractivity contribution in [3.8, 4) is 33.9 Å². The minimum absolute atomic E-state index is 0.128. The number of hydrogen-bond donors (Lipinski definition) is 0. The van der Waals surface area contributed by atoms with Gasteiger partial charge in [0.25, 0.3) is 0 Å². The van der Waals surface area contributed by atoms with Crippen LogP contribution < -0.4 is 0 Å². The van der Waals surface area contributed by atoms with Crippen molar-refractivity contribution in [3.63, 3.8) is 0 Å². The first-order chi connectivity index (χ1) is 25.3. The van der Waals surface area contributed by atoms with Crippen LogP contribution in [-0.4, -0.2) is 15.0 Å². The van der Waals surface area contributed by atoms with Crippen LogP contribution in [0.1, 0.15) is 47.0 Å². The van der Waals surface area contributed by atoms with E-state index >= 15 is 0 Å². The molecule has 0 amide bonds. The fourth-order valence-corrected chi connectivity index (χ4v) is 7.88. The zero-order valence-electron chi connectivity index (χ0n) is 28.0. The molecule has 2 heterocycles. The number of para-hydroxylation sites is 1. The molecule has 0 radical (unpaired) electrons. The molecule has 2 aromatic heterocycles. The number of aryl methyl sites for hydroxylation is 1. The van der Waals surface area contributed by atoms with Gasteiger partial charge in [-0.05, 0) is 58.4 Å². The van der Waals surface area contributed by atoms with Crippen molar-refractivity contribution in [2.45, 2.75) is 25.2 Å². The number of nitrogens with zero attached hydrogens (tertiary/aromatic N) is 3. The Bertz CT molecular complexity index is 2650. The van der Waals surface area contributed by atoms with E-state index in [-0.39, 0.29) is 5.92 Å². The van der Waals surface area contributed by atoms with E-state index < -0.39 is 0 Å². The second-order valence-corrected chi connectivity index (χ2v) is 13.4. The monoisotopic (exact) mass is 655 g/mol. The molecule has 0 fully saturated rings. The zero-order valence-corrected chi connectivity index (χ0v) is 28.0. The van der Waals surface area contributed by atoms with Crippen molar-refractivity contribution >= 4 is 33.4 Å². The van der Waals surface area contributed by atoms with Crippen LogP contribution in [0, 0.1) is 0 Å². The van der Waals surface area contributed by atoms with Gasteiger partial charge in [-0.3, -0.25) is 0 Å². The number of allylic oxidation sites excluding steroid dienone is 2. The maximum atomic E-state index is 6.82. The van der Waals surface area contributed by atoms with E-state index in [0.717, 1.165) is 63.8 Å². The van der Waals surface area contributed by atoms with Gasteiger partial charge in [0.15, 0.2) is 17.5 Å². The van der Waals surface area contributed by atoms with Crippen molar-refractivity contribution in [1.29, 1.82) is 0 Å². The molecule has 8 aromatic rings. The number of benzene rings is 6. The average Bonchev–Trinajstić information content (AvgIpc) is 3.61. The highest BCUT2D eigenvalue weighted by Crippen LogP contribution is 2.48. The summed E-state index contributed by atoms with van der Waals surface area (Å²) < 4.78 is 6.82. The van der Waals surface area contributed by atoms with Gasteiger partial charge >= 0.3 is 0 Å². The first kappa shape index (κ1) is 29.5. The fraction of sp³-hybridized carbons (Fsp3) is 0.0851. The molecule has 51 heavy (non-hydrogen) atoms. The Morgan fingerprint density at radius 1 is 0.510 bits per heavy atom. The summed E-state index contributed by atoms with van der Waals surface area (Å²) in [5.74, 6) is 3.09. The van der Waals surface area contributed by atoms with Gasteiger partial charge < -0.3 is 4.42 Å². The first-order valence-electron chi connectivity index (χ1n) is 17.7. The summed E-state index contributed by atoms with van der Waals surface area (Å²) in [6.07, 6.45) is 7.61. The van der Waals surface area contributed by atoms with Crippen LogP contribution in [0.4, 0.5) is 0 Å². The predicted molar refractivity (Wildman–Crippen MR) is 207 cm³/mol. The lowest BCUT2D eigenvalue weighted by Gasteiger charge is -2.27. The lowest BCUT2D eigenvalue weighted by molar-refractivity contribution is 0.506. The Kier molecular flexibility index (Phi) is 7.05. The average molecular weight is 656 g/mol. The Morgan fingerprint density at radius 2 is 1.12 bits per heavy atom. The number of fused-ring (bicyclic) bond motifs is 6. The number of furan rings is 1. The molecule has 2 aliphatic rings. The predicted octanol–water partition coefficient (Wildman–Crippen LogP) is 11.7. The molecule has 0 N–H and O–H groups in total. The maximum absolute atomic E-state index is 6.82. The normalized spacial score (nSPS) is 15.3. The van der Waals surface area contributed by atoms with Crippen LogP contribution >= 0.6 is 0 Å². The van der Waals surface area contributed by atoms with Gasteiger partial charge in [-0.15, -0.1) is 0 Å². The highest BCUT2D eigenvalue weighted by molar-refractivity contribution is 5.98. The van der Waals surface area contributed by atoms with E-state index in [1.165, 1.54) is 33.0 Å². The van der Waals surface area contributed by atoms with Crippen molar-refractivity contribution < 1.29 is 4.42 Å². The molecule has 4 heteroatoms. The van der Waals surface area contributed by atoms with Gasteiger partial charge in [0.05, 0.1) is 0 Å². The van der Waals surface area contributed by atoms with Crippen LogP contribution in [0.3, 0.4) is 0 Å². The van der Waals surface area contributed by atoms with Gasteiger partial charge in [0, 0.05) is 33.6 Å². The van der Waals surface area contributed by atoms with Crippen LogP contribution in [0.25, 0.3) is 67.3 Å². The van der Waals surface area contributed by atoms with E-state index in [9.17, 15) is 0 Å². The van der Waals surface area contributed by atoms with Gasteiger partial charge in [-0.2, -0.15) is 0 Å². The van der Waals surface area contributed by atoms with E-state index in [1.807, 2.05) is 30.3 Å². The molecule has 10 rings (SSSR count). The molecular formula is C47H33N3O. The van der Waals surface area contributed by atoms with Crippen LogP contribution in [0.2, 0.25) is 0 Å². The van der Waals surface area contributed by atoms with Gasteiger partial charge in [-0.25, -0.2) is 15.0 Å². The SMILES string of the molecule is C1=C(c2nc(-c3ccccc3)nc(-c3ccc(-c4ccccc4)cc3)n2)c2c(oc3ccccc23)C(C2=Cc3c(ccc4ccccc34)CC2)C1. The molecule has 0 bridgehead atoms. The third-order valence-corrected chi connectivity index (χ3v) is 10.4. The molecular weight excluding hydrogens is 623 g/mol. The van der Waals surface area contributed by atoms with Gasteiger partial charge in [-0.1, -0.05) is 157 Å². The lowest BCUT2D eigenvalue weighted by Crippen LogP contribution is -2.13. The van der Waals surface area contributed by atoms with Crippen molar-refractivity contribution in [2.24, 2.45) is 0 Å². The Balaban J connectivity index is 1.11. The molecule has 6 aromatic carbocycles. The van der Waals surface area contributed by atoms with Crippen molar-refractivity contribution in [1.82, 2.24) is 15.0 Å². The summed E-state index contributed by atoms with van der Waals surface area (Å²) in [5, 5.41) is 3.67. The van der Waals surface area contributed by atoms with Crippen molar-refractivity contribution in [2.75, 3.05) is 0 Å². The third kappa shape index (κ3) is 5.19. The van der Waals surface area contributed by atoms with E-state index in [0.29, 0.717) is 17.5 Å². The Hall–Kier alpha value is -6.39. The largest absolute Gasteiger partial charge is 0.460 e. The molecule has 1 atom stereocenters. The summed E-state index contributed by atoms with van der Waals surface area (Å²) >= 11 is 0. The highest BCUT2D eigenvalue weighted by Gasteiger charge is 2.33. The van der Waals surface area contributed by atoms with Crippen molar-refractivity contribution in [3.05, 3.63) is 186 Å². The molecule has 0 aliphatic heterocycles. The summed E-state index contributed by atoms with van der Waals surface area (Å²) in [4.78, 5) is 15.4. The topological polar surface area (TPSA) is 51.8 Å². The number of aromatic nitrogens is 3. The molecule has 2 aliphatic carbocycles. The standard InChI is InChI=1S/C47H33N3O/c1-3-11-30(12-4-1)31-19-24-35(25-20-31)46-48-45(34-14-5-2-6-15-34)49-47(50-46)40-28-27-38(44-43(40)39-17-9-10-18-42(39)51-44)36-26-23-33-22-21-32-13-7-8-16-37(32)41(33)29-36/h1-22,24-25,28-29,38H,23,26-27H2. The van der Waals surface area contributed by atoms with Crippen LogP contribution in [0.5, 0.6) is 0 Å². The van der Waals surface area contributed by atoms with E-state index in [1.54, 1.807) is 0 Å². The second kappa shape index (κ2) is 12.2. The quantitative estimate of drug-likeness (QED) is 0.185. The summed E-state index contributed by atoms with van der Waals surface area (Å²) in [7, 11) is 0. The van der Waals surface area contributed by atoms with Gasteiger partial charge in [0.1, 0.15) is 11.3 Å². The summed E-state index contributed by atoms with van der Waals surface area (Å²) in [5.41, 5.74) is 11.4. The summed E-state index contributed by atoms with van der Waals surface area (Å²) in [6, 6.07) is 50.7. The minimum atomic E-state index is 0.128. The molecule has 4 nitrogen and oxygen atoms in total. The summed E-state index contributed by atoms with van der Waals surface area (Å²) in [6.45, 7) is 0. The smallest absolute Gasteiger partial charge is 0.164 e. The molecule has 1 unspecified atom stereocenters. The zero-order chi connectivity index (χ0) is 33.7. The molecule has 242 valence electrons. The minimum Gasteiger partial charge on any atom is -0.460 e. The third-order valence-electron chi connectivity index (χ3n) is 10.4. The lowest BCUT2D eigenvalue weighted by atomic mass is 9.77. The Morgan fingerprint density at radius 3 is 1.90 bits per heavy atom. The molecule has 0 spiro atoms.